The second-order valence-corrected chi connectivity index (χ2v) is 6.85. The summed E-state index contributed by atoms with van der Waals surface area (Å²) in [6.45, 7) is 11.9. The van der Waals surface area contributed by atoms with E-state index in [9.17, 15) is 0 Å². The average Bonchev–Trinajstić information content (AvgIpc) is 2.84. The zero-order valence-corrected chi connectivity index (χ0v) is 13.8. The molecule has 0 bridgehead atoms. The van der Waals surface area contributed by atoms with Gasteiger partial charge < -0.3 is 10.1 Å². The van der Waals surface area contributed by atoms with Crippen LogP contribution in [-0.2, 0) is 12.8 Å². The lowest BCUT2D eigenvalue weighted by Gasteiger charge is -2.35. The first kappa shape index (κ1) is 15.7. The lowest BCUT2D eigenvalue weighted by atomic mass is 9.74. The highest BCUT2D eigenvalue weighted by molar-refractivity contribution is 6.30. The summed E-state index contributed by atoms with van der Waals surface area (Å²) in [5, 5.41) is 4.33. The highest BCUT2D eigenvalue weighted by Crippen LogP contribution is 2.39. The van der Waals surface area contributed by atoms with Crippen LogP contribution in [0.5, 0.6) is 5.75 Å². The van der Waals surface area contributed by atoms with Crippen LogP contribution in [-0.4, -0.2) is 19.7 Å². The highest BCUT2D eigenvalue weighted by atomic mass is 35.5. The van der Waals surface area contributed by atoms with E-state index in [2.05, 4.69) is 39.1 Å². The Morgan fingerprint density at radius 3 is 2.80 bits per heavy atom. The molecule has 20 heavy (non-hydrogen) atoms. The van der Waals surface area contributed by atoms with Crippen LogP contribution >= 0.6 is 11.6 Å². The molecule has 1 unspecified atom stereocenters. The summed E-state index contributed by atoms with van der Waals surface area (Å²) >= 11 is 6.27. The topological polar surface area (TPSA) is 21.3 Å². The molecule has 0 aliphatic carbocycles. The van der Waals surface area contributed by atoms with Crippen molar-refractivity contribution in [3.63, 3.8) is 0 Å². The minimum absolute atomic E-state index is 0.209. The minimum atomic E-state index is 0.209. The summed E-state index contributed by atoms with van der Waals surface area (Å²) in [7, 11) is 0. The Morgan fingerprint density at radius 2 is 2.15 bits per heavy atom. The van der Waals surface area contributed by atoms with E-state index >= 15 is 0 Å². The fourth-order valence-electron chi connectivity index (χ4n) is 2.79. The van der Waals surface area contributed by atoms with E-state index in [-0.39, 0.29) is 5.41 Å². The normalized spacial score (nSPS) is 16.9. The number of hydrogen-bond acceptors (Lipinski definition) is 2. The molecule has 0 amide bonds. The molecule has 1 aromatic rings. The summed E-state index contributed by atoms with van der Waals surface area (Å²) in [4.78, 5) is 0. The van der Waals surface area contributed by atoms with Gasteiger partial charge in [-0.2, -0.15) is 0 Å². The first-order valence-corrected chi connectivity index (χ1v) is 7.99. The number of rotatable bonds is 6. The predicted molar refractivity (Wildman–Crippen MR) is 85.8 cm³/mol. The van der Waals surface area contributed by atoms with Gasteiger partial charge in [-0.05, 0) is 47.6 Å². The van der Waals surface area contributed by atoms with Crippen molar-refractivity contribution in [2.24, 2.45) is 11.3 Å². The van der Waals surface area contributed by atoms with Crippen molar-refractivity contribution in [1.29, 1.82) is 0 Å². The molecular weight excluding hydrogens is 270 g/mol. The summed E-state index contributed by atoms with van der Waals surface area (Å²) in [6.07, 6.45) is 1.98. The molecule has 0 fully saturated rings. The Hall–Kier alpha value is -0.730. The lowest BCUT2D eigenvalue weighted by molar-refractivity contribution is 0.206. The Labute approximate surface area is 127 Å². The molecule has 0 aromatic heterocycles. The third kappa shape index (κ3) is 3.29. The smallest absolute Gasteiger partial charge is 0.125 e. The minimum Gasteiger partial charge on any atom is -0.493 e. The second kappa shape index (κ2) is 6.36. The zero-order valence-electron chi connectivity index (χ0n) is 13.1. The molecule has 1 atom stereocenters. The van der Waals surface area contributed by atoms with Gasteiger partial charge in [0.1, 0.15) is 5.75 Å². The maximum absolute atomic E-state index is 6.27. The molecule has 3 heteroatoms. The van der Waals surface area contributed by atoms with Crippen LogP contribution in [0.25, 0.3) is 0 Å². The van der Waals surface area contributed by atoms with E-state index in [4.69, 9.17) is 16.3 Å². The monoisotopic (exact) mass is 295 g/mol. The Balaban J connectivity index is 2.27. The third-order valence-electron chi connectivity index (χ3n) is 4.59. The van der Waals surface area contributed by atoms with Gasteiger partial charge in [-0.1, -0.05) is 39.3 Å². The molecule has 0 radical (unpaired) electrons. The van der Waals surface area contributed by atoms with Gasteiger partial charge in [0.15, 0.2) is 0 Å². The number of benzene rings is 1. The molecule has 0 saturated carbocycles. The summed E-state index contributed by atoms with van der Waals surface area (Å²) in [5.74, 6) is 1.68. The van der Waals surface area contributed by atoms with Crippen LogP contribution in [0.4, 0.5) is 0 Å². The van der Waals surface area contributed by atoms with E-state index in [1.54, 1.807) is 0 Å². The Bertz CT molecular complexity index is 472. The van der Waals surface area contributed by atoms with E-state index in [1.807, 2.05) is 6.07 Å². The first-order chi connectivity index (χ1) is 9.46. The maximum atomic E-state index is 6.27. The van der Waals surface area contributed by atoms with Gasteiger partial charge in [0.2, 0.25) is 0 Å². The first-order valence-electron chi connectivity index (χ1n) is 7.61. The van der Waals surface area contributed by atoms with E-state index in [0.717, 1.165) is 43.3 Å². The molecular formula is C17H26ClNO. The van der Waals surface area contributed by atoms with Gasteiger partial charge in [0.05, 0.1) is 6.61 Å². The Kier molecular flexibility index (Phi) is 4.98. The van der Waals surface area contributed by atoms with Gasteiger partial charge in [0, 0.05) is 18.0 Å². The molecule has 1 heterocycles. The highest BCUT2D eigenvalue weighted by Gasteiger charge is 2.30. The number of ether oxygens (including phenoxy) is 1. The molecule has 1 aromatic carbocycles. The largest absolute Gasteiger partial charge is 0.493 e. The number of halogens is 1. The molecule has 1 aliphatic heterocycles. The number of hydrogen-bond donors (Lipinski definition) is 1. The van der Waals surface area contributed by atoms with Gasteiger partial charge in [0.25, 0.3) is 0 Å². The van der Waals surface area contributed by atoms with Crippen LogP contribution in [0.2, 0.25) is 5.02 Å². The predicted octanol–water partition coefficient (Wildman–Crippen LogP) is 4.09. The molecule has 2 nitrogen and oxygen atoms in total. The number of nitrogens with one attached hydrogen (secondary N) is 1. The standard InChI is InChI=1S/C17H26ClNO/c1-5-19-11-17(4,12(2)3)10-14-9-15(18)8-13-6-7-20-16(13)14/h8-9,12,19H,5-7,10-11H2,1-4H3. The fourth-order valence-corrected chi connectivity index (χ4v) is 3.06. The van der Waals surface area contributed by atoms with E-state index in [0.29, 0.717) is 5.92 Å². The summed E-state index contributed by atoms with van der Waals surface area (Å²) in [5.41, 5.74) is 2.74. The van der Waals surface area contributed by atoms with Crippen molar-refractivity contribution < 1.29 is 4.74 Å². The van der Waals surface area contributed by atoms with Crippen LogP contribution in [0.15, 0.2) is 12.1 Å². The SMILES string of the molecule is CCNCC(C)(Cc1cc(Cl)cc2c1OCC2)C(C)C. The van der Waals surface area contributed by atoms with Crippen molar-refractivity contribution in [2.75, 3.05) is 19.7 Å². The zero-order chi connectivity index (χ0) is 14.8. The van der Waals surface area contributed by atoms with Crippen molar-refractivity contribution >= 4 is 11.6 Å². The van der Waals surface area contributed by atoms with Crippen LogP contribution < -0.4 is 10.1 Å². The van der Waals surface area contributed by atoms with Crippen LogP contribution in [0.3, 0.4) is 0 Å². The fraction of sp³-hybridized carbons (Fsp3) is 0.647. The van der Waals surface area contributed by atoms with E-state index < -0.39 is 0 Å². The molecule has 1 aliphatic rings. The molecule has 0 saturated heterocycles. The van der Waals surface area contributed by atoms with Crippen molar-refractivity contribution in [3.05, 3.63) is 28.3 Å². The average molecular weight is 296 g/mol. The third-order valence-corrected chi connectivity index (χ3v) is 4.81. The summed E-state index contributed by atoms with van der Waals surface area (Å²) in [6, 6.07) is 4.13. The van der Waals surface area contributed by atoms with Crippen LogP contribution in [0.1, 0.15) is 38.8 Å². The maximum Gasteiger partial charge on any atom is 0.125 e. The second-order valence-electron chi connectivity index (χ2n) is 6.42. The summed E-state index contributed by atoms with van der Waals surface area (Å²) < 4.78 is 5.84. The molecule has 1 N–H and O–H groups in total. The number of fused-ring (bicyclic) bond motifs is 1. The Morgan fingerprint density at radius 1 is 1.40 bits per heavy atom. The molecule has 2 rings (SSSR count). The quantitative estimate of drug-likeness (QED) is 0.853. The van der Waals surface area contributed by atoms with Crippen molar-refractivity contribution in [3.8, 4) is 5.75 Å². The van der Waals surface area contributed by atoms with Gasteiger partial charge >= 0.3 is 0 Å². The molecule has 0 spiro atoms. The lowest BCUT2D eigenvalue weighted by Crippen LogP contribution is -2.38. The molecule has 112 valence electrons. The van der Waals surface area contributed by atoms with Gasteiger partial charge in [-0.15, -0.1) is 0 Å². The van der Waals surface area contributed by atoms with Crippen molar-refractivity contribution in [2.45, 2.75) is 40.5 Å². The van der Waals surface area contributed by atoms with E-state index in [1.165, 1.54) is 11.1 Å². The van der Waals surface area contributed by atoms with Crippen molar-refractivity contribution in [1.82, 2.24) is 5.32 Å². The van der Waals surface area contributed by atoms with Crippen LogP contribution in [0, 0.1) is 11.3 Å². The van der Waals surface area contributed by atoms with Gasteiger partial charge in [-0.3, -0.25) is 0 Å². The van der Waals surface area contributed by atoms with Gasteiger partial charge in [-0.25, -0.2) is 0 Å².